The van der Waals surface area contributed by atoms with Gasteiger partial charge in [0.25, 0.3) is 5.91 Å². The lowest BCUT2D eigenvalue weighted by molar-refractivity contribution is -0.183. The van der Waals surface area contributed by atoms with Crippen LogP contribution in [-0.2, 0) is 15.7 Å². The van der Waals surface area contributed by atoms with Crippen molar-refractivity contribution < 1.29 is 27.4 Å². The smallest absolute Gasteiger partial charge is 0.378 e. The van der Waals surface area contributed by atoms with Gasteiger partial charge in [0.05, 0.1) is 22.7 Å². The number of rotatable bonds is 2. The van der Waals surface area contributed by atoms with Crippen LogP contribution in [-0.4, -0.2) is 59.3 Å². The molecule has 0 saturated carbocycles. The molecule has 1 amide bonds. The predicted molar refractivity (Wildman–Crippen MR) is 94.9 cm³/mol. The first kappa shape index (κ1) is 19.2. The molecule has 2 saturated heterocycles. The Hall–Kier alpha value is -2.13. The molecule has 1 N–H and O–H groups in total. The molecule has 1 atom stereocenters. The molecule has 152 valence electrons. The number of hydrogen-bond donors (Lipinski definition) is 1. The Labute approximate surface area is 160 Å². The van der Waals surface area contributed by atoms with Crippen LogP contribution in [0.4, 0.5) is 13.2 Å². The number of nitrogens with one attached hydrogen (secondary N) is 1. The van der Waals surface area contributed by atoms with Gasteiger partial charge in [-0.05, 0) is 43.9 Å². The number of H-pyrrole nitrogens is 1. The highest BCUT2D eigenvalue weighted by molar-refractivity contribution is 5.97. The number of fused-ring (bicyclic) bond motifs is 1. The first-order valence-corrected chi connectivity index (χ1v) is 9.35. The number of aromatic nitrogens is 2. The van der Waals surface area contributed by atoms with Crippen molar-refractivity contribution in [3.05, 3.63) is 29.6 Å². The Morgan fingerprint density at radius 3 is 2.79 bits per heavy atom. The Kier molecular flexibility index (Phi) is 4.83. The highest BCUT2D eigenvalue weighted by Gasteiger charge is 2.45. The minimum absolute atomic E-state index is 0.0284. The maximum absolute atomic E-state index is 12.9. The van der Waals surface area contributed by atoms with E-state index in [-0.39, 0.29) is 28.6 Å². The predicted octanol–water partition coefficient (Wildman–Crippen LogP) is 3.38. The van der Waals surface area contributed by atoms with Gasteiger partial charge >= 0.3 is 6.18 Å². The van der Waals surface area contributed by atoms with Crippen LogP contribution in [0.25, 0.3) is 11.0 Å². The van der Waals surface area contributed by atoms with Crippen LogP contribution in [0.15, 0.2) is 18.2 Å². The summed E-state index contributed by atoms with van der Waals surface area (Å²) in [6, 6.07) is 4.38. The van der Waals surface area contributed by atoms with Crippen LogP contribution >= 0.6 is 0 Å². The van der Waals surface area contributed by atoms with Crippen LogP contribution in [0, 0.1) is 0 Å². The Morgan fingerprint density at radius 2 is 2.11 bits per heavy atom. The lowest BCUT2D eigenvalue weighted by Gasteiger charge is -2.48. The number of likely N-dealkylation sites (tertiary alicyclic amines) is 1. The van der Waals surface area contributed by atoms with E-state index in [0.29, 0.717) is 38.1 Å². The molecule has 3 heterocycles. The number of halogens is 3. The van der Waals surface area contributed by atoms with Crippen molar-refractivity contribution >= 4 is 16.9 Å². The van der Waals surface area contributed by atoms with Gasteiger partial charge < -0.3 is 19.4 Å². The summed E-state index contributed by atoms with van der Waals surface area (Å²) in [5, 5.41) is 0. The lowest BCUT2D eigenvalue weighted by Crippen LogP contribution is -2.56. The number of amides is 1. The third-order valence-corrected chi connectivity index (χ3v) is 5.77. The zero-order valence-corrected chi connectivity index (χ0v) is 15.5. The number of carbonyl (C=O) groups excluding carboxylic acids is 1. The average Bonchev–Trinajstić information content (AvgIpc) is 3.12. The Morgan fingerprint density at radius 1 is 1.36 bits per heavy atom. The zero-order chi connectivity index (χ0) is 19.9. The van der Waals surface area contributed by atoms with E-state index < -0.39 is 12.0 Å². The molecule has 28 heavy (non-hydrogen) atoms. The molecule has 4 rings (SSSR count). The van der Waals surface area contributed by atoms with Crippen molar-refractivity contribution in [2.75, 3.05) is 26.8 Å². The fourth-order valence-electron chi connectivity index (χ4n) is 4.25. The molecule has 2 fully saturated rings. The van der Waals surface area contributed by atoms with E-state index in [0.717, 1.165) is 12.8 Å². The third-order valence-electron chi connectivity index (χ3n) is 5.77. The summed E-state index contributed by atoms with van der Waals surface area (Å²) in [5.74, 6) is -1.27. The fourth-order valence-corrected chi connectivity index (χ4v) is 4.25. The molecule has 6 nitrogen and oxygen atoms in total. The normalized spacial score (nSPS) is 22.7. The molecule has 0 aliphatic carbocycles. The topological polar surface area (TPSA) is 67.5 Å². The third kappa shape index (κ3) is 3.37. The van der Waals surface area contributed by atoms with Gasteiger partial charge in [-0.1, -0.05) is 0 Å². The van der Waals surface area contributed by atoms with Crippen molar-refractivity contribution in [2.45, 2.75) is 43.6 Å². The van der Waals surface area contributed by atoms with Crippen molar-refractivity contribution in [1.29, 1.82) is 0 Å². The van der Waals surface area contributed by atoms with Gasteiger partial charge in [0.15, 0.2) is 0 Å². The molecule has 2 aliphatic heterocycles. The molecule has 0 bridgehead atoms. The SMILES string of the molecule is CO[C@@H]1CCCOC12CCN(C(=O)c1ccc3nc(C(F)(F)F)[nH]c3c1)CC2. The highest BCUT2D eigenvalue weighted by atomic mass is 19.4. The van der Waals surface area contributed by atoms with Crippen LogP contribution in [0.2, 0.25) is 0 Å². The number of aromatic amines is 1. The number of carbonyl (C=O) groups is 1. The van der Waals surface area contributed by atoms with Gasteiger partial charge in [0, 0.05) is 32.4 Å². The Balaban J connectivity index is 1.49. The molecule has 1 spiro atoms. The summed E-state index contributed by atoms with van der Waals surface area (Å²) in [4.78, 5) is 20.4. The average molecular weight is 397 g/mol. The number of piperidine rings is 1. The number of benzene rings is 1. The summed E-state index contributed by atoms with van der Waals surface area (Å²) in [6.07, 6.45) is -1.25. The number of methoxy groups -OCH3 is 1. The van der Waals surface area contributed by atoms with Crippen molar-refractivity contribution in [1.82, 2.24) is 14.9 Å². The number of imidazole rings is 1. The second kappa shape index (κ2) is 7.04. The molecular weight excluding hydrogens is 375 g/mol. The van der Waals surface area contributed by atoms with E-state index in [4.69, 9.17) is 9.47 Å². The first-order valence-electron chi connectivity index (χ1n) is 9.35. The molecule has 1 aromatic carbocycles. The minimum Gasteiger partial charge on any atom is -0.378 e. The van der Waals surface area contributed by atoms with E-state index in [1.165, 1.54) is 18.2 Å². The van der Waals surface area contributed by atoms with Crippen molar-refractivity contribution in [3.8, 4) is 0 Å². The second-order valence-corrected chi connectivity index (χ2v) is 7.39. The molecular formula is C19H22F3N3O3. The maximum Gasteiger partial charge on any atom is 0.449 e. The van der Waals surface area contributed by atoms with E-state index in [1.54, 1.807) is 12.0 Å². The molecule has 0 radical (unpaired) electrons. The zero-order valence-electron chi connectivity index (χ0n) is 15.5. The lowest BCUT2D eigenvalue weighted by atomic mass is 9.81. The molecule has 9 heteroatoms. The van der Waals surface area contributed by atoms with Gasteiger partial charge in [0.1, 0.15) is 0 Å². The number of nitrogens with zero attached hydrogens (tertiary/aromatic N) is 2. The Bertz CT molecular complexity index is 872. The van der Waals surface area contributed by atoms with Crippen LogP contribution in [0.1, 0.15) is 41.9 Å². The van der Waals surface area contributed by atoms with Gasteiger partial charge in [0.2, 0.25) is 5.82 Å². The highest BCUT2D eigenvalue weighted by Crippen LogP contribution is 2.37. The number of hydrogen-bond acceptors (Lipinski definition) is 4. The second-order valence-electron chi connectivity index (χ2n) is 7.39. The summed E-state index contributed by atoms with van der Waals surface area (Å²) in [6.45, 7) is 1.74. The number of alkyl halides is 3. The van der Waals surface area contributed by atoms with E-state index in [2.05, 4.69) is 9.97 Å². The van der Waals surface area contributed by atoms with Crippen molar-refractivity contribution in [3.63, 3.8) is 0 Å². The quantitative estimate of drug-likeness (QED) is 0.844. The van der Waals surface area contributed by atoms with E-state index >= 15 is 0 Å². The molecule has 0 unspecified atom stereocenters. The summed E-state index contributed by atoms with van der Waals surface area (Å²) < 4.78 is 50.1. The van der Waals surface area contributed by atoms with Gasteiger partial charge in [-0.2, -0.15) is 13.2 Å². The van der Waals surface area contributed by atoms with Crippen molar-refractivity contribution in [2.24, 2.45) is 0 Å². The summed E-state index contributed by atoms with van der Waals surface area (Å²) in [7, 11) is 1.69. The number of ether oxygens (including phenoxy) is 2. The van der Waals surface area contributed by atoms with Crippen LogP contribution in [0.3, 0.4) is 0 Å². The maximum atomic E-state index is 12.9. The van der Waals surface area contributed by atoms with E-state index in [9.17, 15) is 18.0 Å². The summed E-state index contributed by atoms with van der Waals surface area (Å²) >= 11 is 0. The standard InChI is InChI=1S/C19H22F3N3O3/c1-27-15-3-2-10-28-18(15)6-8-25(9-7-18)16(26)12-4-5-13-14(11-12)24-17(23-13)19(20,21)22/h4-5,11,15H,2-3,6-10H2,1H3,(H,23,24)/t15-/m1/s1. The molecule has 2 aromatic rings. The van der Waals surface area contributed by atoms with Gasteiger partial charge in [-0.15, -0.1) is 0 Å². The largest absolute Gasteiger partial charge is 0.449 e. The monoisotopic (exact) mass is 397 g/mol. The summed E-state index contributed by atoms with van der Waals surface area (Å²) in [5.41, 5.74) is 0.369. The van der Waals surface area contributed by atoms with Crippen LogP contribution in [0.5, 0.6) is 0 Å². The first-order chi connectivity index (χ1) is 13.3. The van der Waals surface area contributed by atoms with Gasteiger partial charge in [-0.25, -0.2) is 4.98 Å². The fraction of sp³-hybridized carbons (Fsp3) is 0.579. The molecule has 1 aromatic heterocycles. The van der Waals surface area contributed by atoms with Crippen LogP contribution < -0.4 is 0 Å². The molecule has 2 aliphatic rings. The minimum atomic E-state index is -4.55. The van der Waals surface area contributed by atoms with Gasteiger partial charge in [-0.3, -0.25) is 4.79 Å². The van der Waals surface area contributed by atoms with E-state index in [1.807, 2.05) is 0 Å².